The van der Waals surface area contributed by atoms with E-state index < -0.39 is 11.9 Å². The summed E-state index contributed by atoms with van der Waals surface area (Å²) >= 11 is 17.8. The number of hydrogen-bond donors (Lipinski definition) is 2. The number of ether oxygens (including phenoxy) is 3. The summed E-state index contributed by atoms with van der Waals surface area (Å²) in [6, 6.07) is 12.0. The summed E-state index contributed by atoms with van der Waals surface area (Å²) in [6.45, 7) is 2.07. The first-order valence-corrected chi connectivity index (χ1v) is 11.6. The van der Waals surface area contributed by atoms with E-state index in [-0.39, 0.29) is 39.8 Å². The summed E-state index contributed by atoms with van der Waals surface area (Å²) in [5.74, 6) is -0.272. The molecule has 0 radical (unpaired) electrons. The maximum absolute atomic E-state index is 12.4. The highest BCUT2D eigenvalue weighted by atomic mass is 35.5. The minimum absolute atomic E-state index is 0.0421. The van der Waals surface area contributed by atoms with Crippen LogP contribution in [0.15, 0.2) is 47.6 Å². The number of hydrogen-bond acceptors (Lipinski definition) is 8. The molecule has 36 heavy (non-hydrogen) atoms. The number of nitrogens with two attached hydrogens (primary N) is 1. The van der Waals surface area contributed by atoms with Crippen LogP contribution in [0.1, 0.15) is 38.9 Å². The van der Waals surface area contributed by atoms with Gasteiger partial charge < -0.3 is 19.9 Å². The fourth-order valence-electron chi connectivity index (χ4n) is 3.02. The first kappa shape index (κ1) is 27.1. The number of esters is 1. The number of methoxy groups -OCH3 is 1. The van der Waals surface area contributed by atoms with Crippen molar-refractivity contribution in [2.75, 3.05) is 19.5 Å². The Morgan fingerprint density at radius 2 is 1.86 bits per heavy atom. The van der Waals surface area contributed by atoms with Crippen molar-refractivity contribution in [1.82, 2.24) is 10.4 Å². The van der Waals surface area contributed by atoms with E-state index in [1.54, 1.807) is 49.4 Å². The van der Waals surface area contributed by atoms with Gasteiger partial charge in [-0.25, -0.2) is 15.2 Å². The van der Waals surface area contributed by atoms with Gasteiger partial charge >= 0.3 is 5.97 Å². The molecule has 0 spiro atoms. The third-order valence-electron chi connectivity index (χ3n) is 4.74. The van der Waals surface area contributed by atoms with E-state index in [9.17, 15) is 9.59 Å². The van der Waals surface area contributed by atoms with Crippen LogP contribution in [0.5, 0.6) is 11.5 Å². The van der Waals surface area contributed by atoms with Gasteiger partial charge in [0.05, 0.1) is 30.6 Å². The molecule has 3 N–H and O–H groups in total. The van der Waals surface area contributed by atoms with Gasteiger partial charge in [-0.3, -0.25) is 4.79 Å². The van der Waals surface area contributed by atoms with Crippen LogP contribution in [0.2, 0.25) is 15.2 Å². The minimum atomic E-state index is -0.728. The molecule has 0 unspecified atom stereocenters. The first-order valence-electron chi connectivity index (χ1n) is 10.5. The smallest absolute Gasteiger partial charge is 0.341 e. The summed E-state index contributed by atoms with van der Waals surface area (Å²) in [5.41, 5.74) is 9.39. The van der Waals surface area contributed by atoms with Gasteiger partial charge in [0.1, 0.15) is 28.7 Å². The first-order chi connectivity index (χ1) is 17.3. The molecular formula is C24H21Cl3N4O5. The fourth-order valence-corrected chi connectivity index (χ4v) is 3.61. The maximum Gasteiger partial charge on any atom is 0.341 e. The van der Waals surface area contributed by atoms with E-state index in [0.29, 0.717) is 28.2 Å². The van der Waals surface area contributed by atoms with Gasteiger partial charge in [-0.05, 0) is 42.8 Å². The molecule has 0 aliphatic carbocycles. The molecule has 3 aromatic rings. The Bertz CT molecular complexity index is 1320. The van der Waals surface area contributed by atoms with Crippen molar-refractivity contribution < 1.29 is 23.8 Å². The second-order valence-electron chi connectivity index (χ2n) is 7.07. The second kappa shape index (κ2) is 12.4. The maximum atomic E-state index is 12.4. The molecule has 0 aliphatic rings. The topological polar surface area (TPSA) is 125 Å². The molecule has 188 valence electrons. The van der Waals surface area contributed by atoms with Crippen molar-refractivity contribution in [3.8, 4) is 11.5 Å². The Balaban J connectivity index is 1.74. The lowest BCUT2D eigenvalue weighted by Crippen LogP contribution is -2.20. The Morgan fingerprint density at radius 1 is 1.11 bits per heavy atom. The molecule has 0 saturated heterocycles. The molecule has 1 heterocycles. The molecule has 3 rings (SSSR count). The lowest BCUT2D eigenvalue weighted by molar-refractivity contribution is 0.0521. The molecule has 0 atom stereocenters. The van der Waals surface area contributed by atoms with Crippen LogP contribution in [0.25, 0.3) is 0 Å². The molecule has 0 bridgehead atoms. The number of nitrogen functional groups attached to an aromatic ring is 1. The second-order valence-corrected chi connectivity index (χ2v) is 8.18. The molecule has 1 aromatic heterocycles. The normalized spacial score (nSPS) is 10.8. The molecule has 2 aromatic carbocycles. The van der Waals surface area contributed by atoms with Crippen LogP contribution in [0, 0.1) is 0 Å². The number of benzene rings is 2. The van der Waals surface area contributed by atoms with E-state index in [2.05, 4.69) is 15.5 Å². The highest BCUT2D eigenvalue weighted by Crippen LogP contribution is 2.34. The summed E-state index contributed by atoms with van der Waals surface area (Å²) in [5, 5.41) is 3.60. The monoisotopic (exact) mass is 550 g/mol. The van der Waals surface area contributed by atoms with Gasteiger partial charge in [0, 0.05) is 5.56 Å². The SMILES string of the molecule is CCOC(=O)c1ccccc1OCc1cc(C=NNC(=O)c2nc(Cl)c(Cl)c(N)c2Cl)ccc1OC. The summed E-state index contributed by atoms with van der Waals surface area (Å²) in [7, 11) is 1.53. The third-order valence-corrected chi connectivity index (χ3v) is 5.87. The molecule has 9 nitrogen and oxygen atoms in total. The number of para-hydroxylation sites is 1. The van der Waals surface area contributed by atoms with Crippen molar-refractivity contribution in [1.29, 1.82) is 0 Å². The number of nitrogens with one attached hydrogen (secondary N) is 1. The number of hydrazone groups is 1. The number of amides is 1. The van der Waals surface area contributed by atoms with Crippen LogP contribution in [-0.2, 0) is 11.3 Å². The highest BCUT2D eigenvalue weighted by molar-refractivity contribution is 6.46. The van der Waals surface area contributed by atoms with E-state index in [0.717, 1.165) is 0 Å². The van der Waals surface area contributed by atoms with Gasteiger partial charge in [0.15, 0.2) is 10.8 Å². The number of pyridine rings is 1. The van der Waals surface area contributed by atoms with E-state index in [1.165, 1.54) is 13.3 Å². The standard InChI is InChI=1S/C24H21Cl3N4O5/c1-3-35-24(33)15-6-4-5-7-17(15)36-12-14-10-13(8-9-16(14)34-2)11-29-31-23(32)21-18(25)20(28)19(26)22(27)30-21/h4-11H,3,12H2,1-2H3,(H2,28,30)(H,31,32). The Labute approximate surface area is 222 Å². The number of aromatic nitrogens is 1. The summed E-state index contributed by atoms with van der Waals surface area (Å²) in [4.78, 5) is 28.5. The number of carbonyl (C=O) groups excluding carboxylic acids is 2. The van der Waals surface area contributed by atoms with Gasteiger partial charge in [-0.1, -0.05) is 46.9 Å². The zero-order valence-electron chi connectivity index (χ0n) is 19.2. The fraction of sp³-hybridized carbons (Fsp3) is 0.167. The van der Waals surface area contributed by atoms with E-state index in [4.69, 9.17) is 54.7 Å². The lowest BCUT2D eigenvalue weighted by Gasteiger charge is -2.13. The van der Waals surface area contributed by atoms with Gasteiger partial charge in [-0.2, -0.15) is 5.10 Å². The average molecular weight is 552 g/mol. The van der Waals surface area contributed by atoms with Crippen molar-refractivity contribution in [3.05, 3.63) is 80.0 Å². The van der Waals surface area contributed by atoms with Crippen LogP contribution in [-0.4, -0.2) is 36.8 Å². The van der Waals surface area contributed by atoms with Crippen LogP contribution in [0.3, 0.4) is 0 Å². The van der Waals surface area contributed by atoms with Crippen molar-refractivity contribution in [3.63, 3.8) is 0 Å². The van der Waals surface area contributed by atoms with E-state index >= 15 is 0 Å². The third kappa shape index (κ3) is 6.37. The molecule has 1 amide bonds. The Kier molecular flexibility index (Phi) is 9.35. The van der Waals surface area contributed by atoms with Crippen molar-refractivity contribution >= 4 is 58.6 Å². The number of nitrogens with zero attached hydrogens (tertiary/aromatic N) is 2. The lowest BCUT2D eigenvalue weighted by atomic mass is 10.1. The molecule has 0 aliphatic heterocycles. The zero-order chi connectivity index (χ0) is 26.2. The minimum Gasteiger partial charge on any atom is -0.496 e. The number of rotatable bonds is 9. The Morgan fingerprint density at radius 3 is 2.58 bits per heavy atom. The highest BCUT2D eigenvalue weighted by Gasteiger charge is 2.19. The number of carbonyl (C=O) groups is 2. The predicted octanol–water partition coefficient (Wildman–Crippen LogP) is 5.15. The zero-order valence-corrected chi connectivity index (χ0v) is 21.4. The average Bonchev–Trinajstić information content (AvgIpc) is 2.88. The summed E-state index contributed by atoms with van der Waals surface area (Å²) < 4.78 is 16.4. The number of halogens is 3. The van der Waals surface area contributed by atoms with Crippen molar-refractivity contribution in [2.45, 2.75) is 13.5 Å². The Hall–Kier alpha value is -3.53. The van der Waals surface area contributed by atoms with Gasteiger partial charge in [0.2, 0.25) is 0 Å². The van der Waals surface area contributed by atoms with Crippen LogP contribution < -0.4 is 20.6 Å². The quantitative estimate of drug-likeness (QED) is 0.163. The van der Waals surface area contributed by atoms with Crippen LogP contribution >= 0.6 is 34.8 Å². The molecule has 0 fully saturated rings. The number of anilines is 1. The van der Waals surface area contributed by atoms with Gasteiger partial charge in [0.25, 0.3) is 5.91 Å². The molecule has 12 heteroatoms. The summed E-state index contributed by atoms with van der Waals surface area (Å²) in [6.07, 6.45) is 1.40. The molecule has 0 saturated carbocycles. The van der Waals surface area contributed by atoms with Crippen LogP contribution in [0.4, 0.5) is 5.69 Å². The van der Waals surface area contributed by atoms with Crippen molar-refractivity contribution in [2.24, 2.45) is 5.10 Å². The predicted molar refractivity (Wildman–Crippen MR) is 138 cm³/mol. The van der Waals surface area contributed by atoms with E-state index in [1.807, 2.05) is 0 Å². The van der Waals surface area contributed by atoms with Gasteiger partial charge in [-0.15, -0.1) is 0 Å². The molecular weight excluding hydrogens is 531 g/mol. The largest absolute Gasteiger partial charge is 0.496 e.